The molecule has 7 heteroatoms. The van der Waals surface area contributed by atoms with Gasteiger partial charge in [0.25, 0.3) is 0 Å². The third-order valence-electron chi connectivity index (χ3n) is 1.42. The Morgan fingerprint density at radius 2 is 2.40 bits per heavy atom. The lowest BCUT2D eigenvalue weighted by atomic mass is 10.2. The van der Waals surface area contributed by atoms with Crippen LogP contribution in [-0.2, 0) is 4.79 Å². The molecule has 0 aliphatic carbocycles. The fourth-order valence-corrected chi connectivity index (χ4v) is 0.895. The molecule has 0 saturated heterocycles. The summed E-state index contributed by atoms with van der Waals surface area (Å²) in [7, 11) is 0. The minimum atomic E-state index is -1.19. The van der Waals surface area contributed by atoms with Crippen molar-refractivity contribution < 1.29 is 9.90 Å². The third-order valence-corrected chi connectivity index (χ3v) is 1.51. The molecular formula is C8H8N4O2S. The molecule has 1 aromatic rings. The second-order valence-corrected chi connectivity index (χ2v) is 2.92. The lowest BCUT2D eigenvalue weighted by Gasteiger charge is -2.01. The zero-order valence-electron chi connectivity index (χ0n) is 7.54. The lowest BCUT2D eigenvalue weighted by Crippen LogP contribution is -2.28. The number of aliphatic carboxylic acids is 1. The van der Waals surface area contributed by atoms with Crippen molar-refractivity contribution in [2.24, 2.45) is 10.8 Å². The molecule has 0 atom stereocenters. The van der Waals surface area contributed by atoms with Crippen molar-refractivity contribution in [2.75, 3.05) is 0 Å². The Labute approximate surface area is 90.8 Å². The van der Waals surface area contributed by atoms with Gasteiger partial charge in [-0.3, -0.25) is 10.4 Å². The Kier molecular flexibility index (Phi) is 3.69. The van der Waals surface area contributed by atoms with Crippen LogP contribution in [0.15, 0.2) is 29.6 Å². The maximum atomic E-state index is 10.8. The standard InChI is InChI=1S/C8H8N4O2S/c9-8(15)12-11-6(7(13)14)5-2-1-3-10-4-5/h1-4H,(H,13,14)(H3,9,12,15). The first-order valence-corrected chi connectivity index (χ1v) is 4.29. The van der Waals surface area contributed by atoms with Gasteiger partial charge in [0.05, 0.1) is 0 Å². The van der Waals surface area contributed by atoms with E-state index in [9.17, 15) is 4.79 Å². The number of pyridine rings is 1. The van der Waals surface area contributed by atoms with Crippen LogP contribution in [0.2, 0.25) is 0 Å². The molecule has 0 saturated carbocycles. The Morgan fingerprint density at radius 1 is 1.67 bits per heavy atom. The first kappa shape index (κ1) is 11.1. The molecule has 1 aromatic heterocycles. The van der Waals surface area contributed by atoms with Gasteiger partial charge in [-0.1, -0.05) is 0 Å². The molecule has 4 N–H and O–H groups in total. The van der Waals surface area contributed by atoms with Gasteiger partial charge in [0.15, 0.2) is 10.8 Å². The fraction of sp³-hybridized carbons (Fsp3) is 0. The maximum Gasteiger partial charge on any atom is 0.357 e. The largest absolute Gasteiger partial charge is 0.476 e. The predicted molar refractivity (Wildman–Crippen MR) is 58.3 cm³/mol. The first-order chi connectivity index (χ1) is 7.11. The number of thiocarbonyl (C=S) groups is 1. The molecule has 0 radical (unpaired) electrons. The Morgan fingerprint density at radius 3 is 2.87 bits per heavy atom. The van der Waals surface area contributed by atoms with E-state index in [0.717, 1.165) is 0 Å². The number of carboxylic acids is 1. The summed E-state index contributed by atoms with van der Waals surface area (Å²) < 4.78 is 0. The normalized spacial score (nSPS) is 10.8. The molecule has 78 valence electrons. The molecule has 15 heavy (non-hydrogen) atoms. The van der Waals surface area contributed by atoms with Crippen LogP contribution in [0.5, 0.6) is 0 Å². The number of nitrogens with zero attached hydrogens (tertiary/aromatic N) is 2. The molecule has 0 aliphatic heterocycles. The number of rotatable bonds is 3. The highest BCUT2D eigenvalue weighted by atomic mass is 32.1. The van der Waals surface area contributed by atoms with Gasteiger partial charge < -0.3 is 10.8 Å². The second-order valence-electron chi connectivity index (χ2n) is 2.48. The number of aromatic nitrogens is 1. The van der Waals surface area contributed by atoms with Gasteiger partial charge in [0.1, 0.15) is 0 Å². The molecule has 0 amide bonds. The molecule has 1 rings (SSSR count). The first-order valence-electron chi connectivity index (χ1n) is 3.88. The second kappa shape index (κ2) is 5.01. The average Bonchev–Trinajstić information content (AvgIpc) is 2.18. The topological polar surface area (TPSA) is 101 Å². The number of hydrogen-bond acceptors (Lipinski definition) is 4. The van der Waals surface area contributed by atoms with E-state index in [1.807, 2.05) is 0 Å². The van der Waals surface area contributed by atoms with Crippen LogP contribution >= 0.6 is 12.2 Å². The Bertz CT molecular complexity index is 404. The molecular weight excluding hydrogens is 216 g/mol. The summed E-state index contributed by atoms with van der Waals surface area (Å²) in [6, 6.07) is 3.18. The van der Waals surface area contributed by atoms with Crippen molar-refractivity contribution in [3.05, 3.63) is 30.1 Å². The van der Waals surface area contributed by atoms with Crippen molar-refractivity contribution >= 4 is 29.0 Å². The summed E-state index contributed by atoms with van der Waals surface area (Å²) in [6.45, 7) is 0. The van der Waals surface area contributed by atoms with E-state index in [4.69, 9.17) is 10.8 Å². The van der Waals surface area contributed by atoms with Gasteiger partial charge >= 0.3 is 5.97 Å². The maximum absolute atomic E-state index is 10.8. The van der Waals surface area contributed by atoms with E-state index in [1.165, 1.54) is 12.4 Å². The minimum Gasteiger partial charge on any atom is -0.476 e. The van der Waals surface area contributed by atoms with Gasteiger partial charge in [0.2, 0.25) is 0 Å². The van der Waals surface area contributed by atoms with Crippen LogP contribution in [0, 0.1) is 0 Å². The zero-order chi connectivity index (χ0) is 11.3. The van der Waals surface area contributed by atoms with Crippen LogP contribution in [0.25, 0.3) is 0 Å². The third kappa shape index (κ3) is 3.31. The SMILES string of the molecule is NC(=S)NN=C(C(=O)O)c1cccnc1. The number of carboxylic acid groups (broad SMARTS) is 1. The van der Waals surface area contributed by atoms with Crippen LogP contribution in [0.4, 0.5) is 0 Å². The Balaban J connectivity index is 2.99. The van der Waals surface area contributed by atoms with Gasteiger partial charge in [-0.25, -0.2) is 4.79 Å². The summed E-state index contributed by atoms with van der Waals surface area (Å²) >= 11 is 4.50. The lowest BCUT2D eigenvalue weighted by molar-refractivity contribution is -0.129. The highest BCUT2D eigenvalue weighted by Crippen LogP contribution is 1.98. The highest BCUT2D eigenvalue weighted by molar-refractivity contribution is 7.80. The molecule has 0 bridgehead atoms. The number of carbonyl (C=O) groups is 1. The summed E-state index contributed by atoms with van der Waals surface area (Å²) in [5.74, 6) is -1.19. The summed E-state index contributed by atoms with van der Waals surface area (Å²) in [6.07, 6.45) is 2.91. The van der Waals surface area contributed by atoms with E-state index < -0.39 is 5.97 Å². The molecule has 0 unspecified atom stereocenters. The predicted octanol–water partition coefficient (Wildman–Crippen LogP) is -0.297. The van der Waals surface area contributed by atoms with Crippen molar-refractivity contribution in [1.82, 2.24) is 10.4 Å². The van der Waals surface area contributed by atoms with Gasteiger partial charge in [0, 0.05) is 18.0 Å². The highest BCUT2D eigenvalue weighted by Gasteiger charge is 2.12. The van der Waals surface area contributed by atoms with Gasteiger partial charge in [-0.05, 0) is 24.4 Å². The molecule has 0 aromatic carbocycles. The molecule has 0 fully saturated rings. The van der Waals surface area contributed by atoms with Crippen molar-refractivity contribution in [3.8, 4) is 0 Å². The number of nitrogens with one attached hydrogen (secondary N) is 1. The summed E-state index contributed by atoms with van der Waals surface area (Å²) in [4.78, 5) is 14.6. The van der Waals surface area contributed by atoms with Crippen molar-refractivity contribution in [2.45, 2.75) is 0 Å². The molecule has 0 spiro atoms. The quantitative estimate of drug-likeness (QED) is 0.370. The number of nitrogens with two attached hydrogens (primary N) is 1. The Hall–Kier alpha value is -2.02. The minimum absolute atomic E-state index is 0.0994. The van der Waals surface area contributed by atoms with Crippen LogP contribution in [0.1, 0.15) is 5.56 Å². The van der Waals surface area contributed by atoms with Gasteiger partial charge in [-0.2, -0.15) is 5.10 Å². The van der Waals surface area contributed by atoms with E-state index in [0.29, 0.717) is 5.56 Å². The molecule has 6 nitrogen and oxygen atoms in total. The van der Waals surface area contributed by atoms with E-state index in [2.05, 4.69) is 27.7 Å². The van der Waals surface area contributed by atoms with Crippen molar-refractivity contribution in [1.29, 1.82) is 0 Å². The average molecular weight is 224 g/mol. The van der Waals surface area contributed by atoms with Crippen LogP contribution in [-0.4, -0.2) is 26.9 Å². The van der Waals surface area contributed by atoms with Gasteiger partial charge in [-0.15, -0.1) is 0 Å². The fourth-order valence-electron chi connectivity index (χ4n) is 0.850. The molecule has 0 aliphatic rings. The van der Waals surface area contributed by atoms with E-state index >= 15 is 0 Å². The monoisotopic (exact) mass is 224 g/mol. The molecule has 1 heterocycles. The van der Waals surface area contributed by atoms with Crippen LogP contribution < -0.4 is 11.2 Å². The smallest absolute Gasteiger partial charge is 0.357 e. The van der Waals surface area contributed by atoms with Crippen molar-refractivity contribution in [3.63, 3.8) is 0 Å². The number of hydrazone groups is 1. The van der Waals surface area contributed by atoms with E-state index in [-0.39, 0.29) is 10.8 Å². The number of hydrogen-bond donors (Lipinski definition) is 3. The zero-order valence-corrected chi connectivity index (χ0v) is 8.36. The summed E-state index contributed by atoms with van der Waals surface area (Å²) in [5, 5.41) is 12.3. The summed E-state index contributed by atoms with van der Waals surface area (Å²) in [5.41, 5.74) is 7.51. The van der Waals surface area contributed by atoms with E-state index in [1.54, 1.807) is 12.1 Å². The van der Waals surface area contributed by atoms with Crippen LogP contribution in [0.3, 0.4) is 0 Å².